The quantitative estimate of drug-likeness (QED) is 0.568. The minimum atomic E-state index is -0.420. The second-order valence-corrected chi connectivity index (χ2v) is 5.62. The van der Waals surface area contributed by atoms with Gasteiger partial charge in [0.1, 0.15) is 17.4 Å². The summed E-state index contributed by atoms with van der Waals surface area (Å²) in [5, 5.41) is 13.1. The van der Waals surface area contributed by atoms with E-state index in [4.69, 9.17) is 4.74 Å². The maximum absolute atomic E-state index is 12.4. The van der Waals surface area contributed by atoms with Gasteiger partial charge in [-0.25, -0.2) is 0 Å². The molecule has 26 heavy (non-hydrogen) atoms. The largest absolute Gasteiger partial charge is 0.497 e. The van der Waals surface area contributed by atoms with Gasteiger partial charge in [-0.2, -0.15) is 5.26 Å². The lowest BCUT2D eigenvalue weighted by Crippen LogP contribution is -2.23. The molecule has 1 amide bonds. The van der Waals surface area contributed by atoms with Crippen molar-refractivity contribution in [2.24, 2.45) is 0 Å². The van der Waals surface area contributed by atoms with Crippen molar-refractivity contribution in [3.8, 4) is 11.8 Å². The maximum Gasteiger partial charge on any atom is 0.262 e. The van der Waals surface area contributed by atoms with Crippen molar-refractivity contribution >= 4 is 22.9 Å². The molecule has 3 rings (SSSR count). The lowest BCUT2D eigenvalue weighted by molar-refractivity contribution is -0.117. The number of nitriles is 1. The highest BCUT2D eigenvalue weighted by Crippen LogP contribution is 2.19. The van der Waals surface area contributed by atoms with E-state index < -0.39 is 5.91 Å². The number of nitrogens with zero attached hydrogens (tertiary/aromatic N) is 2. The summed E-state index contributed by atoms with van der Waals surface area (Å²) in [4.78, 5) is 16.7. The molecule has 0 unspecified atom stereocenters. The highest BCUT2D eigenvalue weighted by molar-refractivity contribution is 6.03. The number of methoxy groups -OCH3 is 1. The van der Waals surface area contributed by atoms with E-state index in [-0.39, 0.29) is 5.57 Å². The van der Waals surface area contributed by atoms with Crippen LogP contribution in [0, 0.1) is 11.3 Å². The number of hydrogen-bond acceptors (Lipinski definition) is 4. The molecule has 5 heteroatoms. The van der Waals surface area contributed by atoms with Crippen LogP contribution in [0.4, 0.5) is 0 Å². The molecule has 1 aromatic heterocycles. The molecule has 5 nitrogen and oxygen atoms in total. The Balaban J connectivity index is 1.80. The van der Waals surface area contributed by atoms with Gasteiger partial charge in [-0.3, -0.25) is 9.78 Å². The van der Waals surface area contributed by atoms with E-state index in [9.17, 15) is 10.1 Å². The highest BCUT2D eigenvalue weighted by atomic mass is 16.5. The molecule has 0 saturated carbocycles. The van der Waals surface area contributed by atoms with Gasteiger partial charge in [0.05, 0.1) is 12.6 Å². The Morgan fingerprint density at radius 3 is 2.88 bits per heavy atom. The molecule has 1 heterocycles. The van der Waals surface area contributed by atoms with E-state index >= 15 is 0 Å². The normalized spacial score (nSPS) is 11.0. The number of amides is 1. The second kappa shape index (κ2) is 7.95. The summed E-state index contributed by atoms with van der Waals surface area (Å²) in [5.41, 5.74) is 2.53. The van der Waals surface area contributed by atoms with Crippen molar-refractivity contribution in [1.82, 2.24) is 10.3 Å². The third kappa shape index (κ3) is 3.87. The monoisotopic (exact) mass is 343 g/mol. The Morgan fingerprint density at radius 1 is 1.23 bits per heavy atom. The van der Waals surface area contributed by atoms with E-state index in [0.29, 0.717) is 6.54 Å². The van der Waals surface area contributed by atoms with Crippen molar-refractivity contribution in [2.75, 3.05) is 7.11 Å². The molecule has 0 bridgehead atoms. The fourth-order valence-electron chi connectivity index (χ4n) is 2.61. The van der Waals surface area contributed by atoms with Crippen LogP contribution in [0.5, 0.6) is 5.75 Å². The van der Waals surface area contributed by atoms with Crippen LogP contribution in [-0.4, -0.2) is 18.0 Å². The molecule has 0 radical (unpaired) electrons. The summed E-state index contributed by atoms with van der Waals surface area (Å²) in [7, 11) is 1.59. The first kappa shape index (κ1) is 17.2. The average molecular weight is 343 g/mol. The zero-order valence-electron chi connectivity index (χ0n) is 14.3. The van der Waals surface area contributed by atoms with Gasteiger partial charge in [0.25, 0.3) is 5.91 Å². The first-order chi connectivity index (χ1) is 12.7. The number of ether oxygens (including phenoxy) is 1. The van der Waals surface area contributed by atoms with Crippen LogP contribution in [0.25, 0.3) is 17.0 Å². The fourth-order valence-corrected chi connectivity index (χ4v) is 2.61. The van der Waals surface area contributed by atoms with Crippen molar-refractivity contribution in [1.29, 1.82) is 5.26 Å². The predicted molar refractivity (Wildman–Crippen MR) is 100 cm³/mol. The van der Waals surface area contributed by atoms with Crippen molar-refractivity contribution in [3.05, 3.63) is 77.5 Å². The summed E-state index contributed by atoms with van der Waals surface area (Å²) >= 11 is 0. The number of hydrogen-bond donors (Lipinski definition) is 1. The van der Waals surface area contributed by atoms with Crippen LogP contribution in [0.1, 0.15) is 11.1 Å². The number of rotatable bonds is 5. The van der Waals surface area contributed by atoms with Gasteiger partial charge in [0, 0.05) is 18.1 Å². The van der Waals surface area contributed by atoms with Gasteiger partial charge in [0.15, 0.2) is 0 Å². The van der Waals surface area contributed by atoms with Crippen LogP contribution < -0.4 is 10.1 Å². The van der Waals surface area contributed by atoms with Crippen molar-refractivity contribution in [3.63, 3.8) is 0 Å². The summed E-state index contributed by atoms with van der Waals surface area (Å²) in [5.74, 6) is 0.298. The Bertz CT molecular complexity index is 1010. The molecule has 0 aliphatic carbocycles. The zero-order chi connectivity index (χ0) is 18.4. The number of benzene rings is 2. The van der Waals surface area contributed by atoms with E-state index in [1.807, 2.05) is 54.6 Å². The standard InChI is InChI=1S/C21H17N3O2/c1-26-18-6-4-5-15(11-18)14-24-21(25)17(13-22)12-16-9-10-23-20-8-3-2-7-19(16)20/h2-12H,14H2,1H3,(H,24,25)/b17-12+. The van der Waals surface area contributed by atoms with E-state index in [1.54, 1.807) is 25.4 Å². The number of fused-ring (bicyclic) bond motifs is 1. The smallest absolute Gasteiger partial charge is 0.262 e. The summed E-state index contributed by atoms with van der Waals surface area (Å²) < 4.78 is 5.17. The summed E-state index contributed by atoms with van der Waals surface area (Å²) in [6.45, 7) is 0.312. The van der Waals surface area contributed by atoms with Crippen LogP contribution >= 0.6 is 0 Å². The average Bonchev–Trinajstić information content (AvgIpc) is 2.70. The fraction of sp³-hybridized carbons (Fsp3) is 0.0952. The van der Waals surface area contributed by atoms with Gasteiger partial charge in [-0.15, -0.1) is 0 Å². The molecule has 128 valence electrons. The molecular weight excluding hydrogens is 326 g/mol. The SMILES string of the molecule is COc1cccc(CNC(=O)/C(C#N)=C/c2ccnc3ccccc23)c1. The van der Waals surface area contributed by atoms with Gasteiger partial charge in [-0.1, -0.05) is 30.3 Å². The zero-order valence-corrected chi connectivity index (χ0v) is 14.3. The number of pyridine rings is 1. The third-order valence-electron chi connectivity index (χ3n) is 3.93. The van der Waals surface area contributed by atoms with Crippen LogP contribution in [0.3, 0.4) is 0 Å². The minimum absolute atomic E-state index is 0.0456. The summed E-state index contributed by atoms with van der Waals surface area (Å²) in [6, 6.07) is 18.8. The van der Waals surface area contributed by atoms with E-state index in [0.717, 1.165) is 27.8 Å². The molecule has 1 N–H and O–H groups in total. The van der Waals surface area contributed by atoms with Crippen molar-refractivity contribution in [2.45, 2.75) is 6.54 Å². The molecule has 0 fully saturated rings. The molecule has 0 aliphatic heterocycles. The molecule has 0 saturated heterocycles. The first-order valence-electron chi connectivity index (χ1n) is 8.08. The summed E-state index contributed by atoms with van der Waals surface area (Å²) in [6.07, 6.45) is 3.25. The van der Waals surface area contributed by atoms with Crippen LogP contribution in [-0.2, 0) is 11.3 Å². The van der Waals surface area contributed by atoms with E-state index in [1.165, 1.54) is 0 Å². The first-order valence-corrected chi connectivity index (χ1v) is 8.08. The number of aromatic nitrogens is 1. The predicted octanol–water partition coefficient (Wildman–Crippen LogP) is 3.47. The highest BCUT2D eigenvalue weighted by Gasteiger charge is 2.10. The lowest BCUT2D eigenvalue weighted by Gasteiger charge is -2.07. The second-order valence-electron chi connectivity index (χ2n) is 5.62. The molecule has 2 aromatic carbocycles. The topological polar surface area (TPSA) is 75.0 Å². The molecule has 3 aromatic rings. The third-order valence-corrected chi connectivity index (χ3v) is 3.93. The Labute approximate surface area is 151 Å². The molecule has 0 spiro atoms. The number of carbonyl (C=O) groups excluding carboxylic acids is 1. The van der Waals surface area contributed by atoms with Crippen LogP contribution in [0.2, 0.25) is 0 Å². The van der Waals surface area contributed by atoms with Gasteiger partial charge in [0.2, 0.25) is 0 Å². The maximum atomic E-state index is 12.4. The van der Waals surface area contributed by atoms with Crippen LogP contribution in [0.15, 0.2) is 66.4 Å². The number of carbonyl (C=O) groups is 1. The van der Waals surface area contributed by atoms with Gasteiger partial charge < -0.3 is 10.1 Å². The Morgan fingerprint density at radius 2 is 2.08 bits per heavy atom. The lowest BCUT2D eigenvalue weighted by atomic mass is 10.1. The minimum Gasteiger partial charge on any atom is -0.497 e. The van der Waals surface area contributed by atoms with Gasteiger partial charge in [-0.05, 0) is 41.5 Å². The number of para-hydroxylation sites is 1. The van der Waals surface area contributed by atoms with Gasteiger partial charge >= 0.3 is 0 Å². The molecular formula is C21H17N3O2. The number of nitrogens with one attached hydrogen (secondary N) is 1. The van der Waals surface area contributed by atoms with Crippen molar-refractivity contribution < 1.29 is 9.53 Å². The Kier molecular flexibility index (Phi) is 5.25. The molecule has 0 atom stereocenters. The van der Waals surface area contributed by atoms with E-state index in [2.05, 4.69) is 10.3 Å². The molecule has 0 aliphatic rings. The Hall–Kier alpha value is -3.65.